The van der Waals surface area contributed by atoms with Crippen LogP contribution in [0.1, 0.15) is 18.5 Å². The lowest BCUT2D eigenvalue weighted by Gasteiger charge is -2.25. The molecule has 1 rings (SSSR count). The van der Waals surface area contributed by atoms with Crippen molar-refractivity contribution >= 4 is 11.8 Å². The smallest absolute Gasteiger partial charge is 0.299 e. The molecule has 1 aromatic rings. The van der Waals surface area contributed by atoms with Gasteiger partial charge in [0.2, 0.25) is 0 Å². The van der Waals surface area contributed by atoms with Gasteiger partial charge in [-0.1, -0.05) is 30.3 Å². The average molecular weight is 263 g/mol. The number of rotatable bonds is 5. The molecule has 0 fully saturated rings. The molecule has 0 saturated heterocycles. The molecule has 17 heavy (non-hydrogen) atoms. The first-order valence-electron chi connectivity index (χ1n) is 5.31. The van der Waals surface area contributed by atoms with Crippen LogP contribution in [0, 0.1) is 0 Å². The molecule has 2 atom stereocenters. The highest BCUT2D eigenvalue weighted by atomic mass is 32.2. The first-order valence-corrected chi connectivity index (χ1v) is 6.71. The van der Waals surface area contributed by atoms with Crippen LogP contribution in [-0.4, -0.2) is 24.2 Å². The molecule has 0 heterocycles. The highest BCUT2D eigenvalue weighted by Crippen LogP contribution is 2.25. The van der Waals surface area contributed by atoms with Gasteiger partial charge in [0.15, 0.2) is 0 Å². The molecule has 0 saturated carbocycles. The largest absolute Gasteiger partial charge is 0.404 e. The molecule has 0 radical (unpaired) electrons. The third-order valence-corrected chi connectivity index (χ3v) is 3.15. The van der Waals surface area contributed by atoms with Crippen molar-refractivity contribution in [3.63, 3.8) is 0 Å². The Morgan fingerprint density at radius 2 is 1.82 bits per heavy atom. The first kappa shape index (κ1) is 14.4. The van der Waals surface area contributed by atoms with Gasteiger partial charge in [-0.15, -0.1) is 0 Å². The second-order valence-electron chi connectivity index (χ2n) is 3.85. The maximum Gasteiger partial charge on any atom is 0.404 e. The SMILES string of the molecule is CSCC(N[C@@H](C)c1ccccc1)C(F)(F)F. The van der Waals surface area contributed by atoms with Crippen molar-refractivity contribution in [2.45, 2.75) is 25.2 Å². The van der Waals surface area contributed by atoms with E-state index in [1.165, 1.54) is 11.8 Å². The van der Waals surface area contributed by atoms with Crippen LogP contribution < -0.4 is 5.32 Å². The summed E-state index contributed by atoms with van der Waals surface area (Å²) in [5, 5.41) is 2.63. The third kappa shape index (κ3) is 4.60. The summed E-state index contributed by atoms with van der Waals surface area (Å²) in [6, 6.07) is 7.37. The van der Waals surface area contributed by atoms with Crippen LogP contribution >= 0.6 is 11.8 Å². The van der Waals surface area contributed by atoms with Crippen LogP contribution in [0.25, 0.3) is 0 Å². The van der Waals surface area contributed by atoms with E-state index >= 15 is 0 Å². The predicted octanol–water partition coefficient (Wildman–Crippen LogP) is 3.63. The maximum absolute atomic E-state index is 12.7. The molecule has 96 valence electrons. The van der Waals surface area contributed by atoms with Crippen molar-refractivity contribution in [3.05, 3.63) is 35.9 Å². The van der Waals surface area contributed by atoms with Gasteiger partial charge in [0.05, 0.1) is 0 Å². The van der Waals surface area contributed by atoms with Crippen molar-refractivity contribution in [2.24, 2.45) is 0 Å². The molecule has 1 N–H and O–H groups in total. The van der Waals surface area contributed by atoms with Gasteiger partial charge in [-0.2, -0.15) is 24.9 Å². The summed E-state index contributed by atoms with van der Waals surface area (Å²) in [5.41, 5.74) is 0.864. The summed E-state index contributed by atoms with van der Waals surface area (Å²) in [6.07, 6.45) is -2.53. The maximum atomic E-state index is 12.7. The quantitative estimate of drug-likeness (QED) is 0.870. The summed E-state index contributed by atoms with van der Waals surface area (Å²) in [4.78, 5) is 0. The summed E-state index contributed by atoms with van der Waals surface area (Å²) in [5.74, 6) is 0.0284. The normalized spacial score (nSPS) is 15.6. The number of halogens is 3. The molecule has 0 amide bonds. The monoisotopic (exact) mass is 263 g/mol. The van der Waals surface area contributed by atoms with E-state index < -0.39 is 12.2 Å². The van der Waals surface area contributed by atoms with Gasteiger partial charge < -0.3 is 0 Å². The minimum atomic E-state index is -4.20. The number of benzene rings is 1. The summed E-state index contributed by atoms with van der Waals surface area (Å²) in [7, 11) is 0. The second kappa shape index (κ2) is 6.31. The van der Waals surface area contributed by atoms with Crippen LogP contribution in [-0.2, 0) is 0 Å². The minimum Gasteiger partial charge on any atom is -0.299 e. The molecule has 5 heteroatoms. The summed E-state index contributed by atoms with van der Waals surface area (Å²) in [6.45, 7) is 1.74. The molecule has 0 aliphatic rings. The molecule has 0 aliphatic carbocycles. The van der Waals surface area contributed by atoms with E-state index in [4.69, 9.17) is 0 Å². The van der Waals surface area contributed by atoms with Crippen molar-refractivity contribution < 1.29 is 13.2 Å². The molecule has 1 aromatic carbocycles. The molecule has 0 aromatic heterocycles. The zero-order chi connectivity index (χ0) is 12.9. The Bertz CT molecular complexity index is 326. The Hall–Kier alpha value is -0.680. The fourth-order valence-corrected chi connectivity index (χ4v) is 2.16. The van der Waals surface area contributed by atoms with E-state index in [1.54, 1.807) is 13.2 Å². The van der Waals surface area contributed by atoms with E-state index in [2.05, 4.69) is 5.32 Å². The Morgan fingerprint density at radius 3 is 2.29 bits per heavy atom. The number of hydrogen-bond donors (Lipinski definition) is 1. The van der Waals surface area contributed by atoms with Gasteiger partial charge in [-0.25, -0.2) is 0 Å². The number of alkyl halides is 3. The molecular formula is C12H16F3NS. The first-order chi connectivity index (χ1) is 7.95. The van der Waals surface area contributed by atoms with Crippen molar-refractivity contribution in [3.8, 4) is 0 Å². The standard InChI is InChI=1S/C12H16F3NS/c1-9(10-6-4-3-5-7-10)16-11(8-17-2)12(13,14)15/h3-7,9,11,16H,8H2,1-2H3/t9-,11?/m0/s1. The Morgan fingerprint density at radius 1 is 1.24 bits per heavy atom. The lowest BCUT2D eigenvalue weighted by atomic mass is 10.1. The average Bonchev–Trinajstić information content (AvgIpc) is 2.28. The highest BCUT2D eigenvalue weighted by molar-refractivity contribution is 7.98. The van der Waals surface area contributed by atoms with E-state index in [1.807, 2.05) is 30.3 Å². The lowest BCUT2D eigenvalue weighted by Crippen LogP contribution is -2.45. The van der Waals surface area contributed by atoms with E-state index in [9.17, 15) is 13.2 Å². The van der Waals surface area contributed by atoms with Gasteiger partial charge in [0, 0.05) is 11.8 Å². The fraction of sp³-hybridized carbons (Fsp3) is 0.500. The Labute approximate surface area is 104 Å². The number of thioether (sulfide) groups is 1. The molecule has 1 nitrogen and oxygen atoms in total. The van der Waals surface area contributed by atoms with E-state index in [0.717, 1.165) is 5.56 Å². The van der Waals surface area contributed by atoms with Crippen LogP contribution in [0.15, 0.2) is 30.3 Å². The number of hydrogen-bond acceptors (Lipinski definition) is 2. The van der Waals surface area contributed by atoms with Gasteiger partial charge >= 0.3 is 6.18 Å². The van der Waals surface area contributed by atoms with Crippen LogP contribution in [0.2, 0.25) is 0 Å². The Balaban J connectivity index is 2.68. The van der Waals surface area contributed by atoms with Crippen molar-refractivity contribution in [2.75, 3.05) is 12.0 Å². The number of nitrogens with one attached hydrogen (secondary N) is 1. The zero-order valence-corrected chi connectivity index (χ0v) is 10.6. The summed E-state index contributed by atoms with van der Waals surface area (Å²) >= 11 is 1.19. The van der Waals surface area contributed by atoms with Crippen LogP contribution in [0.3, 0.4) is 0 Å². The molecule has 0 aliphatic heterocycles. The van der Waals surface area contributed by atoms with Crippen LogP contribution in [0.4, 0.5) is 13.2 Å². The second-order valence-corrected chi connectivity index (χ2v) is 4.76. The zero-order valence-electron chi connectivity index (χ0n) is 9.79. The van der Waals surface area contributed by atoms with Gasteiger partial charge in [0.1, 0.15) is 6.04 Å². The van der Waals surface area contributed by atoms with E-state index in [-0.39, 0.29) is 11.8 Å². The fourth-order valence-electron chi connectivity index (χ4n) is 1.54. The van der Waals surface area contributed by atoms with Gasteiger partial charge in [-0.3, -0.25) is 5.32 Å². The van der Waals surface area contributed by atoms with Crippen LogP contribution in [0.5, 0.6) is 0 Å². The lowest BCUT2D eigenvalue weighted by molar-refractivity contribution is -0.151. The minimum absolute atomic E-state index is 0.0284. The summed E-state index contributed by atoms with van der Waals surface area (Å²) < 4.78 is 38.1. The van der Waals surface area contributed by atoms with Crippen molar-refractivity contribution in [1.29, 1.82) is 0 Å². The van der Waals surface area contributed by atoms with Gasteiger partial charge in [0.25, 0.3) is 0 Å². The predicted molar refractivity (Wildman–Crippen MR) is 66.2 cm³/mol. The molecule has 0 bridgehead atoms. The molecular weight excluding hydrogens is 247 g/mol. The molecule has 0 spiro atoms. The molecule has 1 unspecified atom stereocenters. The third-order valence-electron chi connectivity index (χ3n) is 2.48. The topological polar surface area (TPSA) is 12.0 Å². The van der Waals surface area contributed by atoms with Crippen molar-refractivity contribution in [1.82, 2.24) is 5.32 Å². The highest BCUT2D eigenvalue weighted by Gasteiger charge is 2.39. The Kier molecular flexibility index (Phi) is 5.33. The van der Waals surface area contributed by atoms with E-state index in [0.29, 0.717) is 0 Å². The van der Waals surface area contributed by atoms with Gasteiger partial charge in [-0.05, 0) is 18.7 Å².